The van der Waals surface area contributed by atoms with Gasteiger partial charge in [-0.15, -0.1) is 0 Å². The summed E-state index contributed by atoms with van der Waals surface area (Å²) in [5, 5.41) is 3.47. The Morgan fingerprint density at radius 2 is 1.97 bits per heavy atom. The Balaban J connectivity index is 1.62. The number of hydrogen-bond donors (Lipinski definition) is 1. The van der Waals surface area contributed by atoms with Gasteiger partial charge >= 0.3 is 0 Å². The summed E-state index contributed by atoms with van der Waals surface area (Å²) in [7, 11) is 0. The molecule has 31 heavy (non-hydrogen) atoms. The molecular weight excluding hydrogens is 374 g/mol. The van der Waals surface area contributed by atoms with E-state index < -0.39 is 0 Å². The van der Waals surface area contributed by atoms with E-state index in [4.69, 9.17) is 0 Å². The highest BCUT2D eigenvalue weighted by Gasteiger charge is 2.46. The van der Waals surface area contributed by atoms with Gasteiger partial charge in [-0.25, -0.2) is 0 Å². The van der Waals surface area contributed by atoms with Gasteiger partial charge < -0.3 is 5.32 Å². The lowest BCUT2D eigenvalue weighted by Gasteiger charge is -2.38. The lowest BCUT2D eigenvalue weighted by atomic mass is 9.65. The summed E-state index contributed by atoms with van der Waals surface area (Å²) >= 11 is 0. The molecule has 0 fully saturated rings. The molecule has 162 valence electrons. The molecule has 0 radical (unpaired) electrons. The highest BCUT2D eigenvalue weighted by Crippen LogP contribution is 2.58. The smallest absolute Gasteiger partial charge is 0.0246 e. The van der Waals surface area contributed by atoms with Crippen molar-refractivity contribution in [3.05, 3.63) is 101 Å². The topological polar surface area (TPSA) is 12.0 Å². The molecule has 4 rings (SSSR count). The summed E-state index contributed by atoms with van der Waals surface area (Å²) in [6, 6.07) is 7.05. The van der Waals surface area contributed by atoms with Crippen molar-refractivity contribution in [3.63, 3.8) is 0 Å². The number of fused-ring (bicyclic) bond motifs is 3. The first kappa shape index (κ1) is 21.7. The van der Waals surface area contributed by atoms with Crippen molar-refractivity contribution in [2.45, 2.75) is 58.8 Å². The fourth-order valence-electron chi connectivity index (χ4n) is 5.74. The minimum Gasteiger partial charge on any atom is -0.389 e. The Hall–Kier alpha value is -2.54. The monoisotopic (exact) mass is 411 g/mol. The summed E-state index contributed by atoms with van der Waals surface area (Å²) in [5.74, 6) is 0.802. The maximum atomic E-state index is 4.60. The molecule has 3 aliphatic rings. The minimum absolute atomic E-state index is 0.00224. The molecule has 0 spiro atoms. The molecule has 0 saturated carbocycles. The molecule has 1 N–H and O–H groups in total. The molecule has 1 aromatic carbocycles. The fourth-order valence-corrected chi connectivity index (χ4v) is 5.74. The third-order valence-electron chi connectivity index (χ3n) is 7.41. The lowest BCUT2D eigenvalue weighted by Crippen LogP contribution is -2.29. The molecule has 2 atom stereocenters. The van der Waals surface area contributed by atoms with E-state index in [1.165, 1.54) is 46.3 Å². The first-order chi connectivity index (χ1) is 14.9. The maximum absolute atomic E-state index is 4.60. The zero-order valence-electron chi connectivity index (χ0n) is 19.7. The van der Waals surface area contributed by atoms with Crippen LogP contribution in [0.2, 0.25) is 0 Å². The van der Waals surface area contributed by atoms with Gasteiger partial charge in [0.15, 0.2) is 0 Å². The van der Waals surface area contributed by atoms with Crippen LogP contribution in [0, 0.1) is 11.8 Å². The average Bonchev–Trinajstić information content (AvgIpc) is 2.90. The van der Waals surface area contributed by atoms with E-state index in [-0.39, 0.29) is 5.41 Å². The molecular formula is C30H37N. The van der Waals surface area contributed by atoms with Crippen molar-refractivity contribution >= 4 is 5.57 Å². The van der Waals surface area contributed by atoms with Gasteiger partial charge in [0.1, 0.15) is 0 Å². The van der Waals surface area contributed by atoms with Crippen molar-refractivity contribution in [2.24, 2.45) is 11.8 Å². The van der Waals surface area contributed by atoms with Gasteiger partial charge in [0.2, 0.25) is 0 Å². The molecule has 0 aromatic heterocycles. The van der Waals surface area contributed by atoms with Gasteiger partial charge in [0.25, 0.3) is 0 Å². The predicted molar refractivity (Wildman–Crippen MR) is 135 cm³/mol. The molecule has 0 heterocycles. The van der Waals surface area contributed by atoms with Crippen molar-refractivity contribution < 1.29 is 0 Å². The van der Waals surface area contributed by atoms with Crippen LogP contribution in [0.3, 0.4) is 0 Å². The molecule has 0 aliphatic heterocycles. The lowest BCUT2D eigenvalue weighted by molar-refractivity contribution is 0.555. The zero-order valence-corrected chi connectivity index (χ0v) is 19.7. The van der Waals surface area contributed by atoms with Gasteiger partial charge in [0.05, 0.1) is 0 Å². The second kappa shape index (κ2) is 8.54. The Bertz CT molecular complexity index is 1020. The highest BCUT2D eigenvalue weighted by molar-refractivity contribution is 5.88. The molecule has 0 bridgehead atoms. The number of hydrogen-bond acceptors (Lipinski definition) is 1. The number of benzene rings is 1. The van der Waals surface area contributed by atoms with Gasteiger partial charge in [-0.1, -0.05) is 101 Å². The number of nitrogens with one attached hydrogen (secondary N) is 1. The number of rotatable bonds is 7. The molecule has 0 amide bonds. The SMILES string of the molecule is C=C(CCc1ccc2c(c1)C(C)(C)C1=C(C2=C)C2C=CC=CC=C2C1C)NCCCC. The van der Waals surface area contributed by atoms with Crippen LogP contribution in [-0.4, -0.2) is 6.54 Å². The zero-order chi connectivity index (χ0) is 22.2. The number of aryl methyl sites for hydroxylation is 1. The van der Waals surface area contributed by atoms with Crippen molar-refractivity contribution in [1.29, 1.82) is 0 Å². The average molecular weight is 412 g/mol. The van der Waals surface area contributed by atoms with E-state index >= 15 is 0 Å². The number of unbranched alkanes of at least 4 members (excludes halogenated alkanes) is 1. The highest BCUT2D eigenvalue weighted by atomic mass is 14.9. The van der Waals surface area contributed by atoms with Crippen LogP contribution >= 0.6 is 0 Å². The minimum atomic E-state index is 0.00224. The quantitative estimate of drug-likeness (QED) is 0.460. The molecule has 2 unspecified atom stereocenters. The Kier molecular flexibility index (Phi) is 5.97. The van der Waals surface area contributed by atoms with Crippen LogP contribution in [0.25, 0.3) is 5.57 Å². The normalized spacial score (nSPS) is 23.1. The van der Waals surface area contributed by atoms with Crippen LogP contribution in [0.5, 0.6) is 0 Å². The third-order valence-corrected chi connectivity index (χ3v) is 7.41. The van der Waals surface area contributed by atoms with Crippen molar-refractivity contribution in [2.75, 3.05) is 6.54 Å². The Labute approximate surface area is 189 Å². The first-order valence-electron chi connectivity index (χ1n) is 11.9. The van der Waals surface area contributed by atoms with Crippen LogP contribution in [-0.2, 0) is 11.8 Å². The molecule has 1 aromatic rings. The number of allylic oxidation sites excluding steroid dienone is 10. The van der Waals surface area contributed by atoms with E-state index in [0.717, 1.165) is 25.1 Å². The maximum Gasteiger partial charge on any atom is 0.0246 e. The van der Waals surface area contributed by atoms with E-state index in [2.05, 4.69) is 94.7 Å². The molecule has 1 nitrogen and oxygen atoms in total. The van der Waals surface area contributed by atoms with Crippen LogP contribution in [0.4, 0.5) is 0 Å². The van der Waals surface area contributed by atoms with Crippen LogP contribution < -0.4 is 5.32 Å². The van der Waals surface area contributed by atoms with Gasteiger partial charge in [0, 0.05) is 29.5 Å². The molecule has 3 aliphatic carbocycles. The summed E-state index contributed by atoms with van der Waals surface area (Å²) in [4.78, 5) is 0. The summed E-state index contributed by atoms with van der Waals surface area (Å²) in [5.41, 5.74) is 11.0. The third kappa shape index (κ3) is 3.80. The van der Waals surface area contributed by atoms with Crippen LogP contribution in [0.15, 0.2) is 84.2 Å². The molecule has 1 heteroatoms. The van der Waals surface area contributed by atoms with E-state index in [1.54, 1.807) is 5.57 Å². The summed E-state index contributed by atoms with van der Waals surface area (Å²) in [6.45, 7) is 19.3. The predicted octanol–water partition coefficient (Wildman–Crippen LogP) is 7.44. The summed E-state index contributed by atoms with van der Waals surface area (Å²) in [6.07, 6.45) is 15.6. The standard InChI is InChI=1S/C30H37N/c1-7-8-18-31-20(2)14-15-23-16-17-25-21(3)28-26-13-11-9-10-12-24(26)22(4)29(28)30(5,6)27(25)19-23/h9-13,16-17,19,22,26,31H,2-3,7-8,14-15,18H2,1,4-6H3. The van der Waals surface area contributed by atoms with E-state index in [1.807, 2.05) is 0 Å². The van der Waals surface area contributed by atoms with Crippen LogP contribution in [0.1, 0.15) is 63.6 Å². The van der Waals surface area contributed by atoms with E-state index in [0.29, 0.717) is 11.8 Å². The first-order valence-corrected chi connectivity index (χ1v) is 11.9. The summed E-state index contributed by atoms with van der Waals surface area (Å²) < 4.78 is 0. The Morgan fingerprint density at radius 1 is 1.16 bits per heavy atom. The van der Waals surface area contributed by atoms with Gasteiger partial charge in [-0.3, -0.25) is 0 Å². The van der Waals surface area contributed by atoms with Crippen molar-refractivity contribution in [3.8, 4) is 0 Å². The Morgan fingerprint density at radius 3 is 2.74 bits per heavy atom. The second-order valence-corrected chi connectivity index (χ2v) is 9.83. The van der Waals surface area contributed by atoms with Gasteiger partial charge in [-0.2, -0.15) is 0 Å². The fraction of sp³-hybridized carbons (Fsp3) is 0.400. The molecule has 0 saturated heterocycles. The van der Waals surface area contributed by atoms with Gasteiger partial charge in [-0.05, 0) is 52.7 Å². The van der Waals surface area contributed by atoms with E-state index in [9.17, 15) is 0 Å². The largest absolute Gasteiger partial charge is 0.389 e. The second-order valence-electron chi connectivity index (χ2n) is 9.83. The van der Waals surface area contributed by atoms with Crippen molar-refractivity contribution in [1.82, 2.24) is 5.32 Å².